The van der Waals surface area contributed by atoms with Crippen LogP contribution in [0.15, 0.2) is 77.7 Å². The minimum Gasteiger partial charge on any atom is -0.352 e. The van der Waals surface area contributed by atoms with Gasteiger partial charge in [0.25, 0.3) is 10.0 Å². The van der Waals surface area contributed by atoms with E-state index in [1.54, 1.807) is 36.4 Å². The molecule has 0 saturated carbocycles. The van der Waals surface area contributed by atoms with Gasteiger partial charge in [-0.15, -0.1) is 0 Å². The summed E-state index contributed by atoms with van der Waals surface area (Å²) in [6.07, 6.45) is 1.14. The summed E-state index contributed by atoms with van der Waals surface area (Å²) in [4.78, 5) is 29.1. The lowest BCUT2D eigenvalue weighted by molar-refractivity contribution is -0.140. The first-order valence-corrected chi connectivity index (χ1v) is 15.2. The van der Waals surface area contributed by atoms with Crippen molar-refractivity contribution < 1.29 is 18.0 Å². The predicted molar refractivity (Wildman–Crippen MR) is 161 cm³/mol. The van der Waals surface area contributed by atoms with Gasteiger partial charge in [0.15, 0.2) is 0 Å². The molecule has 2 amide bonds. The van der Waals surface area contributed by atoms with Gasteiger partial charge in [0.05, 0.1) is 10.6 Å². The molecular formula is C32H41N3O4S. The Morgan fingerprint density at radius 3 is 1.98 bits per heavy atom. The number of rotatable bonds is 12. The van der Waals surface area contributed by atoms with Crippen LogP contribution >= 0.6 is 0 Å². The van der Waals surface area contributed by atoms with Gasteiger partial charge in [-0.3, -0.25) is 13.9 Å². The lowest BCUT2D eigenvalue weighted by Crippen LogP contribution is -2.53. The molecule has 0 spiro atoms. The van der Waals surface area contributed by atoms with Crippen molar-refractivity contribution >= 4 is 27.5 Å². The number of aryl methyl sites for hydroxylation is 3. The average molecular weight is 564 g/mol. The van der Waals surface area contributed by atoms with Crippen molar-refractivity contribution in [3.05, 3.63) is 95.1 Å². The van der Waals surface area contributed by atoms with E-state index in [4.69, 9.17) is 0 Å². The Hall–Kier alpha value is -3.65. The highest BCUT2D eigenvalue weighted by Gasteiger charge is 2.34. The summed E-state index contributed by atoms with van der Waals surface area (Å²) < 4.78 is 29.0. The van der Waals surface area contributed by atoms with Crippen molar-refractivity contribution in [2.75, 3.05) is 10.8 Å². The molecule has 3 rings (SSSR count). The van der Waals surface area contributed by atoms with Crippen LogP contribution < -0.4 is 9.62 Å². The molecule has 214 valence electrons. The molecule has 0 radical (unpaired) electrons. The van der Waals surface area contributed by atoms with Crippen LogP contribution in [0.1, 0.15) is 55.9 Å². The monoisotopic (exact) mass is 563 g/mol. The normalized spacial score (nSPS) is 12.8. The third-order valence-electron chi connectivity index (χ3n) is 7.03. The molecule has 0 heterocycles. The first-order valence-electron chi connectivity index (χ1n) is 13.8. The summed E-state index contributed by atoms with van der Waals surface area (Å²) in [7, 11) is -4.08. The van der Waals surface area contributed by atoms with Crippen LogP contribution in [0.5, 0.6) is 0 Å². The SMILES string of the molecule is CCC(C)NC(=O)C(CC)N(Cc1cccc(C)c1)C(=O)CN(c1ccc(C)cc1)S(=O)(=O)c1ccc(C)cc1. The molecule has 40 heavy (non-hydrogen) atoms. The molecule has 0 aliphatic rings. The Balaban J connectivity index is 2.05. The van der Waals surface area contributed by atoms with Crippen LogP contribution in [0, 0.1) is 20.8 Å². The van der Waals surface area contributed by atoms with E-state index in [1.165, 1.54) is 4.90 Å². The maximum Gasteiger partial charge on any atom is 0.264 e. The molecule has 0 bridgehead atoms. The van der Waals surface area contributed by atoms with E-state index in [0.717, 1.165) is 33.0 Å². The summed E-state index contributed by atoms with van der Waals surface area (Å²) in [5.41, 5.74) is 4.18. The van der Waals surface area contributed by atoms with Crippen LogP contribution in [0.3, 0.4) is 0 Å². The van der Waals surface area contributed by atoms with Gasteiger partial charge in [-0.25, -0.2) is 8.42 Å². The molecule has 0 saturated heterocycles. The largest absolute Gasteiger partial charge is 0.352 e. The predicted octanol–water partition coefficient (Wildman–Crippen LogP) is 5.53. The Kier molecular flexibility index (Phi) is 10.5. The fraction of sp³-hybridized carbons (Fsp3) is 0.375. The standard InChI is InChI=1S/C32H41N3O4S/c1-7-26(6)33-32(37)30(8-2)34(21-27-11-9-10-25(5)20-27)31(36)22-35(28-16-12-23(3)13-17-28)40(38,39)29-18-14-24(4)15-19-29/h9-20,26,30H,7-8,21-22H2,1-6H3,(H,33,37). The molecule has 0 aliphatic carbocycles. The van der Waals surface area contributed by atoms with Crippen molar-refractivity contribution in [2.45, 2.75) is 77.9 Å². The molecule has 0 aliphatic heterocycles. The smallest absolute Gasteiger partial charge is 0.264 e. The maximum absolute atomic E-state index is 14.1. The zero-order valence-corrected chi connectivity index (χ0v) is 25.2. The van der Waals surface area contributed by atoms with Gasteiger partial charge in [0.2, 0.25) is 11.8 Å². The molecule has 3 aromatic carbocycles. The fourth-order valence-corrected chi connectivity index (χ4v) is 5.86. The second-order valence-corrected chi connectivity index (χ2v) is 12.3. The number of hydrogen-bond donors (Lipinski definition) is 1. The van der Waals surface area contributed by atoms with Crippen molar-refractivity contribution in [1.82, 2.24) is 10.2 Å². The zero-order chi connectivity index (χ0) is 29.4. The number of amides is 2. The number of carbonyl (C=O) groups excluding carboxylic acids is 2. The first kappa shape index (κ1) is 30.9. The summed E-state index contributed by atoms with van der Waals surface area (Å²) in [5, 5.41) is 3.00. The van der Waals surface area contributed by atoms with Crippen LogP contribution in [-0.4, -0.2) is 43.8 Å². The Morgan fingerprint density at radius 2 is 1.43 bits per heavy atom. The Bertz CT molecular complexity index is 1400. The molecule has 3 aromatic rings. The van der Waals surface area contributed by atoms with Crippen LogP contribution in [-0.2, 0) is 26.2 Å². The molecule has 0 aromatic heterocycles. The van der Waals surface area contributed by atoms with Crippen molar-refractivity contribution in [3.63, 3.8) is 0 Å². The fourth-order valence-electron chi connectivity index (χ4n) is 4.45. The van der Waals surface area contributed by atoms with E-state index >= 15 is 0 Å². The maximum atomic E-state index is 14.1. The summed E-state index contributed by atoms with van der Waals surface area (Å²) >= 11 is 0. The van der Waals surface area contributed by atoms with Crippen molar-refractivity contribution in [3.8, 4) is 0 Å². The van der Waals surface area contributed by atoms with Gasteiger partial charge < -0.3 is 10.2 Å². The molecule has 2 atom stereocenters. The lowest BCUT2D eigenvalue weighted by Gasteiger charge is -2.33. The minimum absolute atomic E-state index is 0.0524. The van der Waals surface area contributed by atoms with Gasteiger partial charge in [-0.2, -0.15) is 0 Å². The average Bonchev–Trinajstić information content (AvgIpc) is 2.92. The zero-order valence-electron chi connectivity index (χ0n) is 24.3. The number of nitrogens with zero attached hydrogens (tertiary/aromatic N) is 2. The number of anilines is 1. The summed E-state index contributed by atoms with van der Waals surface area (Å²) in [6.45, 7) is 11.3. The third-order valence-corrected chi connectivity index (χ3v) is 8.82. The van der Waals surface area contributed by atoms with Gasteiger partial charge in [0, 0.05) is 12.6 Å². The lowest BCUT2D eigenvalue weighted by atomic mass is 10.1. The van der Waals surface area contributed by atoms with E-state index in [1.807, 2.05) is 77.9 Å². The van der Waals surface area contributed by atoms with Gasteiger partial charge >= 0.3 is 0 Å². The van der Waals surface area contributed by atoms with Gasteiger partial charge in [0.1, 0.15) is 12.6 Å². The number of benzene rings is 3. The van der Waals surface area contributed by atoms with Crippen LogP contribution in [0.4, 0.5) is 5.69 Å². The van der Waals surface area contributed by atoms with E-state index in [2.05, 4.69) is 5.32 Å². The highest BCUT2D eigenvalue weighted by atomic mass is 32.2. The van der Waals surface area contributed by atoms with Crippen molar-refractivity contribution in [2.24, 2.45) is 0 Å². The highest BCUT2D eigenvalue weighted by molar-refractivity contribution is 7.92. The Labute approximate surface area is 239 Å². The summed E-state index contributed by atoms with van der Waals surface area (Å²) in [5.74, 6) is -0.704. The topological polar surface area (TPSA) is 86.8 Å². The molecule has 0 fully saturated rings. The quantitative estimate of drug-likeness (QED) is 0.314. The molecule has 2 unspecified atom stereocenters. The van der Waals surface area contributed by atoms with Gasteiger partial charge in [-0.1, -0.05) is 79.1 Å². The number of carbonyl (C=O) groups is 2. The number of sulfonamides is 1. The van der Waals surface area contributed by atoms with E-state index < -0.39 is 28.5 Å². The van der Waals surface area contributed by atoms with E-state index in [9.17, 15) is 18.0 Å². The van der Waals surface area contributed by atoms with E-state index in [0.29, 0.717) is 12.1 Å². The highest BCUT2D eigenvalue weighted by Crippen LogP contribution is 2.25. The van der Waals surface area contributed by atoms with Gasteiger partial charge in [-0.05, 0) is 70.4 Å². The third kappa shape index (κ3) is 7.72. The second kappa shape index (κ2) is 13.6. The van der Waals surface area contributed by atoms with Crippen LogP contribution in [0.25, 0.3) is 0 Å². The molecule has 1 N–H and O–H groups in total. The second-order valence-electron chi connectivity index (χ2n) is 10.4. The molecule has 8 heteroatoms. The first-order chi connectivity index (χ1) is 19.0. The minimum atomic E-state index is -4.08. The Morgan fingerprint density at radius 1 is 0.825 bits per heavy atom. The van der Waals surface area contributed by atoms with Crippen molar-refractivity contribution in [1.29, 1.82) is 0 Å². The van der Waals surface area contributed by atoms with E-state index in [-0.39, 0.29) is 23.4 Å². The molecule has 7 nitrogen and oxygen atoms in total. The van der Waals surface area contributed by atoms with Crippen LogP contribution in [0.2, 0.25) is 0 Å². The number of nitrogens with one attached hydrogen (secondary N) is 1. The number of hydrogen-bond acceptors (Lipinski definition) is 4. The molecular weight excluding hydrogens is 522 g/mol. The summed E-state index contributed by atoms with van der Waals surface area (Å²) in [6, 6.07) is 20.6.